The standard InChI is InChI=1S/C24H16N2O3S/c1-28-21-14-16(11-12-20(21)29-24(27)17-7-3-2-4-8-17)13-18(15-25)23-26-19-9-5-6-10-22(19)30-23/h2-14H,1H3. The third-order valence-corrected chi connectivity index (χ3v) is 5.43. The minimum absolute atomic E-state index is 0.307. The molecule has 0 unspecified atom stereocenters. The Kier molecular flexibility index (Phi) is 5.55. The van der Waals surface area contributed by atoms with Crippen LogP contribution < -0.4 is 9.47 Å². The van der Waals surface area contributed by atoms with E-state index in [0.29, 0.717) is 27.6 Å². The lowest BCUT2D eigenvalue weighted by Crippen LogP contribution is -2.09. The number of nitriles is 1. The maximum Gasteiger partial charge on any atom is 0.343 e. The number of methoxy groups -OCH3 is 1. The molecule has 0 bridgehead atoms. The van der Waals surface area contributed by atoms with E-state index in [0.717, 1.165) is 15.8 Å². The number of nitrogens with zero attached hydrogens (tertiary/aromatic N) is 2. The van der Waals surface area contributed by atoms with Crippen molar-refractivity contribution >= 4 is 39.2 Å². The molecular formula is C24H16N2O3S. The normalized spacial score (nSPS) is 11.1. The van der Waals surface area contributed by atoms with Crippen molar-refractivity contribution in [1.82, 2.24) is 4.98 Å². The second-order valence-electron chi connectivity index (χ2n) is 6.32. The first-order valence-corrected chi connectivity index (χ1v) is 9.92. The van der Waals surface area contributed by atoms with Crippen LogP contribution >= 0.6 is 11.3 Å². The van der Waals surface area contributed by atoms with Gasteiger partial charge in [-0.25, -0.2) is 9.78 Å². The topological polar surface area (TPSA) is 72.2 Å². The maximum atomic E-state index is 12.3. The minimum Gasteiger partial charge on any atom is -0.493 e. The fourth-order valence-corrected chi connectivity index (χ4v) is 3.82. The number of thiazole rings is 1. The van der Waals surface area contributed by atoms with Gasteiger partial charge in [0.05, 0.1) is 28.5 Å². The molecule has 1 heterocycles. The SMILES string of the molecule is COc1cc(C=C(C#N)c2nc3ccccc3s2)ccc1OC(=O)c1ccccc1. The summed E-state index contributed by atoms with van der Waals surface area (Å²) in [4.78, 5) is 16.9. The number of aromatic nitrogens is 1. The third kappa shape index (κ3) is 4.07. The fraction of sp³-hybridized carbons (Fsp3) is 0.0417. The van der Waals surface area contributed by atoms with E-state index in [1.54, 1.807) is 48.5 Å². The predicted octanol–water partition coefficient (Wildman–Crippen LogP) is 5.59. The summed E-state index contributed by atoms with van der Waals surface area (Å²) in [5, 5.41) is 10.3. The molecule has 0 aliphatic heterocycles. The Bertz CT molecular complexity index is 1250. The molecule has 0 aliphatic rings. The van der Waals surface area contributed by atoms with Crippen LogP contribution in [0.25, 0.3) is 21.9 Å². The van der Waals surface area contributed by atoms with Gasteiger partial charge in [0.1, 0.15) is 11.1 Å². The Morgan fingerprint density at radius 2 is 1.80 bits per heavy atom. The lowest BCUT2D eigenvalue weighted by molar-refractivity contribution is 0.0729. The van der Waals surface area contributed by atoms with Gasteiger partial charge in [-0.05, 0) is 48.0 Å². The van der Waals surface area contributed by atoms with Crippen molar-refractivity contribution in [2.45, 2.75) is 0 Å². The van der Waals surface area contributed by atoms with Crippen molar-refractivity contribution in [3.8, 4) is 17.6 Å². The van der Waals surface area contributed by atoms with Crippen LogP contribution in [0.3, 0.4) is 0 Å². The van der Waals surface area contributed by atoms with Crippen LogP contribution in [0.5, 0.6) is 11.5 Å². The Balaban J connectivity index is 1.63. The van der Waals surface area contributed by atoms with E-state index in [4.69, 9.17) is 9.47 Å². The Labute approximate surface area is 177 Å². The summed E-state index contributed by atoms with van der Waals surface area (Å²) < 4.78 is 11.9. The molecule has 0 saturated carbocycles. The molecule has 0 fully saturated rings. The second-order valence-corrected chi connectivity index (χ2v) is 7.35. The van der Waals surface area contributed by atoms with Crippen molar-refractivity contribution in [2.75, 3.05) is 7.11 Å². The van der Waals surface area contributed by atoms with Gasteiger partial charge >= 0.3 is 5.97 Å². The number of hydrogen-bond donors (Lipinski definition) is 0. The average Bonchev–Trinajstić information content (AvgIpc) is 3.22. The van der Waals surface area contributed by atoms with Crippen molar-refractivity contribution in [2.24, 2.45) is 0 Å². The van der Waals surface area contributed by atoms with Gasteiger partial charge in [0, 0.05) is 0 Å². The summed E-state index contributed by atoms with van der Waals surface area (Å²) in [6.45, 7) is 0. The Hall–Kier alpha value is -3.95. The lowest BCUT2D eigenvalue weighted by Gasteiger charge is -2.10. The van der Waals surface area contributed by atoms with Crippen LogP contribution in [0.4, 0.5) is 0 Å². The molecule has 0 saturated heterocycles. The molecule has 0 atom stereocenters. The van der Waals surface area contributed by atoms with E-state index in [2.05, 4.69) is 11.1 Å². The Morgan fingerprint density at radius 3 is 2.53 bits per heavy atom. The van der Waals surface area contributed by atoms with Crippen molar-refractivity contribution in [1.29, 1.82) is 5.26 Å². The van der Waals surface area contributed by atoms with Gasteiger partial charge in [-0.15, -0.1) is 11.3 Å². The smallest absolute Gasteiger partial charge is 0.343 e. The fourth-order valence-electron chi connectivity index (χ4n) is 2.89. The van der Waals surface area contributed by atoms with Gasteiger partial charge in [0.2, 0.25) is 0 Å². The number of esters is 1. The van der Waals surface area contributed by atoms with Gasteiger partial charge in [0.25, 0.3) is 0 Å². The summed E-state index contributed by atoms with van der Waals surface area (Å²) in [5.74, 6) is 0.237. The zero-order valence-electron chi connectivity index (χ0n) is 16.0. The highest BCUT2D eigenvalue weighted by molar-refractivity contribution is 7.19. The molecule has 5 nitrogen and oxygen atoms in total. The van der Waals surface area contributed by atoms with Crippen LogP contribution in [0.1, 0.15) is 20.9 Å². The highest BCUT2D eigenvalue weighted by Crippen LogP contribution is 2.32. The highest BCUT2D eigenvalue weighted by atomic mass is 32.1. The van der Waals surface area contributed by atoms with E-state index in [1.807, 2.05) is 30.3 Å². The third-order valence-electron chi connectivity index (χ3n) is 4.36. The number of para-hydroxylation sites is 1. The molecule has 0 aliphatic carbocycles. The van der Waals surface area contributed by atoms with Gasteiger partial charge in [-0.3, -0.25) is 0 Å². The van der Waals surface area contributed by atoms with Gasteiger partial charge in [-0.1, -0.05) is 36.4 Å². The number of carbonyl (C=O) groups excluding carboxylic acids is 1. The molecule has 0 radical (unpaired) electrons. The summed E-state index contributed by atoms with van der Waals surface area (Å²) in [7, 11) is 1.50. The molecule has 146 valence electrons. The molecule has 1 aromatic heterocycles. The Morgan fingerprint density at radius 1 is 1.03 bits per heavy atom. The van der Waals surface area contributed by atoms with E-state index >= 15 is 0 Å². The molecule has 4 rings (SSSR count). The molecule has 6 heteroatoms. The second kappa shape index (κ2) is 8.60. The molecule has 3 aromatic carbocycles. The molecule has 4 aromatic rings. The van der Waals surface area contributed by atoms with Crippen LogP contribution in [-0.4, -0.2) is 18.1 Å². The van der Waals surface area contributed by atoms with Crippen molar-refractivity contribution < 1.29 is 14.3 Å². The zero-order chi connectivity index (χ0) is 20.9. The lowest BCUT2D eigenvalue weighted by atomic mass is 10.1. The summed E-state index contributed by atoms with van der Waals surface area (Å²) in [6, 6.07) is 23.9. The summed E-state index contributed by atoms with van der Waals surface area (Å²) in [5.41, 5.74) is 2.50. The molecule has 30 heavy (non-hydrogen) atoms. The number of carbonyl (C=O) groups is 1. The summed E-state index contributed by atoms with van der Waals surface area (Å²) in [6.07, 6.45) is 1.74. The average molecular weight is 412 g/mol. The molecule has 0 spiro atoms. The number of benzene rings is 3. The number of hydrogen-bond acceptors (Lipinski definition) is 6. The molecule has 0 N–H and O–H groups in total. The first-order valence-electron chi connectivity index (χ1n) is 9.11. The van der Waals surface area contributed by atoms with E-state index in [1.165, 1.54) is 18.4 Å². The van der Waals surface area contributed by atoms with E-state index in [-0.39, 0.29) is 0 Å². The minimum atomic E-state index is -0.468. The van der Waals surface area contributed by atoms with Gasteiger partial charge in [-0.2, -0.15) is 5.26 Å². The molecular weight excluding hydrogens is 396 g/mol. The van der Waals surface area contributed by atoms with Crippen LogP contribution in [0.15, 0.2) is 72.8 Å². The number of fused-ring (bicyclic) bond motifs is 1. The predicted molar refractivity (Wildman–Crippen MR) is 117 cm³/mol. The summed E-state index contributed by atoms with van der Waals surface area (Å²) >= 11 is 1.47. The number of allylic oxidation sites excluding steroid dienone is 1. The van der Waals surface area contributed by atoms with Crippen molar-refractivity contribution in [3.05, 3.63) is 88.9 Å². The largest absolute Gasteiger partial charge is 0.493 e. The molecule has 0 amide bonds. The van der Waals surface area contributed by atoms with Crippen LogP contribution in [0.2, 0.25) is 0 Å². The maximum absolute atomic E-state index is 12.3. The quantitative estimate of drug-likeness (QED) is 0.243. The van der Waals surface area contributed by atoms with Crippen LogP contribution in [0, 0.1) is 11.3 Å². The van der Waals surface area contributed by atoms with E-state index < -0.39 is 5.97 Å². The first kappa shape index (κ1) is 19.4. The van der Waals surface area contributed by atoms with Crippen molar-refractivity contribution in [3.63, 3.8) is 0 Å². The monoisotopic (exact) mass is 412 g/mol. The highest BCUT2D eigenvalue weighted by Gasteiger charge is 2.13. The van der Waals surface area contributed by atoms with Gasteiger partial charge < -0.3 is 9.47 Å². The van der Waals surface area contributed by atoms with E-state index in [9.17, 15) is 10.1 Å². The first-order chi connectivity index (χ1) is 14.7. The van der Waals surface area contributed by atoms with Gasteiger partial charge in [0.15, 0.2) is 11.5 Å². The zero-order valence-corrected chi connectivity index (χ0v) is 16.8. The number of ether oxygens (including phenoxy) is 2. The number of rotatable bonds is 5. The van der Waals surface area contributed by atoms with Crippen LogP contribution in [-0.2, 0) is 0 Å².